The maximum absolute atomic E-state index is 12.4. The zero-order valence-corrected chi connectivity index (χ0v) is 13.3. The third-order valence-electron chi connectivity index (χ3n) is 3.23. The lowest BCUT2D eigenvalue weighted by Gasteiger charge is -2.07. The topological polar surface area (TPSA) is 70.2 Å². The van der Waals surface area contributed by atoms with Gasteiger partial charge >= 0.3 is 0 Å². The van der Waals surface area contributed by atoms with E-state index < -0.39 is 0 Å². The van der Waals surface area contributed by atoms with Gasteiger partial charge in [-0.05, 0) is 24.3 Å². The molecular weight excluding hydrogens is 314 g/mol. The molecule has 1 aromatic carbocycles. The highest BCUT2D eigenvalue weighted by molar-refractivity contribution is 7.99. The SMILES string of the molecule is COc1ccccc1C(=O)CSc1nncn1Cc1ccco1. The molecule has 0 aliphatic rings. The Labute approximate surface area is 137 Å². The number of hydrogen-bond donors (Lipinski definition) is 0. The molecular formula is C16H15N3O3S. The molecule has 2 aromatic heterocycles. The van der Waals surface area contributed by atoms with E-state index in [1.54, 1.807) is 31.8 Å². The van der Waals surface area contributed by atoms with Gasteiger partial charge in [0.1, 0.15) is 17.8 Å². The predicted octanol–water partition coefficient (Wildman–Crippen LogP) is 2.90. The molecule has 0 bridgehead atoms. The molecule has 3 rings (SSSR count). The van der Waals surface area contributed by atoms with Crippen LogP contribution in [0.4, 0.5) is 0 Å². The minimum absolute atomic E-state index is 0.0139. The van der Waals surface area contributed by atoms with Crippen molar-refractivity contribution in [3.05, 3.63) is 60.3 Å². The standard InChI is InChI=1S/C16H15N3O3S/c1-21-15-7-3-2-6-13(15)14(20)10-23-16-18-17-11-19(16)9-12-5-4-8-22-12/h2-8,11H,9-10H2,1H3. The Morgan fingerprint density at radius 3 is 2.96 bits per heavy atom. The van der Waals surface area contributed by atoms with Crippen LogP contribution in [-0.2, 0) is 6.54 Å². The van der Waals surface area contributed by atoms with Crippen molar-refractivity contribution >= 4 is 17.5 Å². The number of ketones is 1. The highest BCUT2D eigenvalue weighted by Gasteiger charge is 2.14. The van der Waals surface area contributed by atoms with Crippen LogP contribution in [0.25, 0.3) is 0 Å². The number of methoxy groups -OCH3 is 1. The molecule has 6 nitrogen and oxygen atoms in total. The minimum Gasteiger partial charge on any atom is -0.496 e. The summed E-state index contributed by atoms with van der Waals surface area (Å²) in [6, 6.07) is 10.9. The van der Waals surface area contributed by atoms with Crippen molar-refractivity contribution in [3.63, 3.8) is 0 Å². The number of carbonyl (C=O) groups excluding carboxylic acids is 1. The highest BCUT2D eigenvalue weighted by atomic mass is 32.2. The number of thioether (sulfide) groups is 1. The summed E-state index contributed by atoms with van der Waals surface area (Å²) < 4.78 is 12.4. The molecule has 3 aromatic rings. The Kier molecular flexibility index (Phi) is 4.77. The number of ether oxygens (including phenoxy) is 1. The number of hydrogen-bond acceptors (Lipinski definition) is 6. The average molecular weight is 329 g/mol. The van der Waals surface area contributed by atoms with Crippen LogP contribution in [0.2, 0.25) is 0 Å². The zero-order valence-electron chi connectivity index (χ0n) is 12.5. The van der Waals surface area contributed by atoms with Crippen LogP contribution in [0.1, 0.15) is 16.1 Å². The van der Waals surface area contributed by atoms with Crippen LogP contribution >= 0.6 is 11.8 Å². The summed E-state index contributed by atoms with van der Waals surface area (Å²) in [6.45, 7) is 0.533. The molecule has 23 heavy (non-hydrogen) atoms. The Morgan fingerprint density at radius 1 is 1.30 bits per heavy atom. The van der Waals surface area contributed by atoms with Gasteiger partial charge in [-0.15, -0.1) is 10.2 Å². The molecule has 0 N–H and O–H groups in total. The third-order valence-corrected chi connectivity index (χ3v) is 4.21. The number of para-hydroxylation sites is 1. The van der Waals surface area contributed by atoms with Gasteiger partial charge in [0.25, 0.3) is 0 Å². The van der Waals surface area contributed by atoms with Crippen molar-refractivity contribution in [2.24, 2.45) is 0 Å². The second kappa shape index (κ2) is 7.15. The number of Topliss-reactive ketones (excluding diaryl/α,β-unsaturated/α-hetero) is 1. The first-order chi connectivity index (χ1) is 11.3. The van der Waals surface area contributed by atoms with Crippen LogP contribution in [0.15, 0.2) is 58.6 Å². The lowest BCUT2D eigenvalue weighted by atomic mass is 10.1. The van der Waals surface area contributed by atoms with Crippen molar-refractivity contribution in [2.75, 3.05) is 12.9 Å². The summed E-state index contributed by atoms with van der Waals surface area (Å²) in [5.74, 6) is 1.63. The molecule has 0 saturated heterocycles. The van der Waals surface area contributed by atoms with Crippen molar-refractivity contribution in [2.45, 2.75) is 11.7 Å². The van der Waals surface area contributed by atoms with E-state index >= 15 is 0 Å². The van der Waals surface area contributed by atoms with Gasteiger partial charge in [0, 0.05) is 0 Å². The van der Waals surface area contributed by atoms with Gasteiger partial charge in [-0.2, -0.15) is 0 Å². The van der Waals surface area contributed by atoms with Crippen LogP contribution < -0.4 is 4.74 Å². The predicted molar refractivity (Wildman–Crippen MR) is 85.9 cm³/mol. The van der Waals surface area contributed by atoms with Crippen molar-refractivity contribution in [1.29, 1.82) is 0 Å². The molecule has 0 amide bonds. The molecule has 0 fully saturated rings. The van der Waals surface area contributed by atoms with E-state index in [9.17, 15) is 4.79 Å². The lowest BCUT2D eigenvalue weighted by Crippen LogP contribution is -2.06. The Balaban J connectivity index is 1.67. The minimum atomic E-state index is -0.0139. The molecule has 0 atom stereocenters. The van der Waals surface area contributed by atoms with Crippen molar-refractivity contribution in [1.82, 2.24) is 14.8 Å². The fraction of sp³-hybridized carbons (Fsp3) is 0.188. The number of carbonyl (C=O) groups is 1. The van der Waals surface area contributed by atoms with E-state index in [1.807, 2.05) is 28.8 Å². The van der Waals surface area contributed by atoms with E-state index in [-0.39, 0.29) is 11.5 Å². The van der Waals surface area contributed by atoms with Crippen LogP contribution in [0.5, 0.6) is 5.75 Å². The lowest BCUT2D eigenvalue weighted by molar-refractivity contribution is 0.101. The summed E-state index contributed by atoms with van der Waals surface area (Å²) in [7, 11) is 1.55. The molecule has 7 heteroatoms. The fourth-order valence-electron chi connectivity index (χ4n) is 2.12. The Bertz CT molecular complexity index is 783. The van der Waals surface area contributed by atoms with E-state index in [2.05, 4.69) is 10.2 Å². The first kappa shape index (κ1) is 15.4. The Hall–Kier alpha value is -2.54. The summed E-state index contributed by atoms with van der Waals surface area (Å²) in [5, 5.41) is 8.63. The second-order valence-corrected chi connectivity index (χ2v) is 5.68. The largest absolute Gasteiger partial charge is 0.496 e. The first-order valence-corrected chi connectivity index (χ1v) is 7.95. The van der Waals surface area contributed by atoms with E-state index in [1.165, 1.54) is 11.8 Å². The van der Waals surface area contributed by atoms with Gasteiger partial charge < -0.3 is 13.7 Å². The van der Waals surface area contributed by atoms with Gasteiger partial charge in [0.15, 0.2) is 10.9 Å². The fourth-order valence-corrected chi connectivity index (χ4v) is 2.92. The molecule has 0 aliphatic carbocycles. The van der Waals surface area contributed by atoms with Crippen LogP contribution in [-0.4, -0.2) is 33.4 Å². The second-order valence-electron chi connectivity index (χ2n) is 4.73. The molecule has 2 heterocycles. The quantitative estimate of drug-likeness (QED) is 0.490. The molecule has 0 aliphatic heterocycles. The van der Waals surface area contributed by atoms with Gasteiger partial charge in [0.2, 0.25) is 0 Å². The van der Waals surface area contributed by atoms with Gasteiger partial charge in [-0.1, -0.05) is 23.9 Å². The molecule has 0 unspecified atom stereocenters. The smallest absolute Gasteiger partial charge is 0.191 e. The van der Waals surface area contributed by atoms with Crippen molar-refractivity contribution < 1.29 is 13.9 Å². The van der Waals surface area contributed by atoms with E-state index in [0.29, 0.717) is 23.0 Å². The maximum atomic E-state index is 12.4. The normalized spacial score (nSPS) is 10.7. The molecule has 0 saturated carbocycles. The summed E-state index contributed by atoms with van der Waals surface area (Å²) in [5.41, 5.74) is 0.569. The Morgan fingerprint density at radius 2 is 2.17 bits per heavy atom. The van der Waals surface area contributed by atoms with Crippen molar-refractivity contribution in [3.8, 4) is 5.75 Å². The first-order valence-electron chi connectivity index (χ1n) is 6.97. The summed E-state index contributed by atoms with van der Waals surface area (Å²) in [4.78, 5) is 12.4. The molecule has 0 radical (unpaired) electrons. The van der Waals surface area contributed by atoms with Crippen LogP contribution in [0.3, 0.4) is 0 Å². The maximum Gasteiger partial charge on any atom is 0.191 e. The van der Waals surface area contributed by atoms with Gasteiger partial charge in [-0.25, -0.2) is 0 Å². The summed E-state index contributed by atoms with van der Waals surface area (Å²) in [6.07, 6.45) is 3.25. The highest BCUT2D eigenvalue weighted by Crippen LogP contribution is 2.22. The van der Waals surface area contributed by atoms with Gasteiger partial charge in [0.05, 0.1) is 31.2 Å². The van der Waals surface area contributed by atoms with Gasteiger partial charge in [-0.3, -0.25) is 4.79 Å². The van der Waals surface area contributed by atoms with Crippen LogP contribution in [0, 0.1) is 0 Å². The third kappa shape index (κ3) is 3.62. The van der Waals surface area contributed by atoms with E-state index in [0.717, 1.165) is 5.76 Å². The zero-order chi connectivity index (χ0) is 16.1. The number of nitrogens with zero attached hydrogens (tertiary/aromatic N) is 3. The number of rotatable bonds is 7. The summed E-state index contributed by atoms with van der Waals surface area (Å²) >= 11 is 1.34. The monoisotopic (exact) mass is 329 g/mol. The molecule has 118 valence electrons. The van der Waals surface area contributed by atoms with E-state index in [4.69, 9.17) is 9.15 Å². The average Bonchev–Trinajstić information content (AvgIpc) is 3.25. The molecule has 0 spiro atoms. The number of furan rings is 1. The number of aromatic nitrogens is 3. The number of benzene rings is 1.